The summed E-state index contributed by atoms with van der Waals surface area (Å²) in [4.78, 5) is 14.6. The van der Waals surface area contributed by atoms with Crippen LogP contribution in [-0.2, 0) is 0 Å². The van der Waals surface area contributed by atoms with Gasteiger partial charge in [-0.3, -0.25) is 4.79 Å². The molecule has 0 spiro atoms. The predicted molar refractivity (Wildman–Crippen MR) is 89.7 cm³/mol. The van der Waals surface area contributed by atoms with E-state index < -0.39 is 0 Å². The molecule has 0 saturated carbocycles. The van der Waals surface area contributed by atoms with Crippen LogP contribution in [0.5, 0.6) is 0 Å². The maximum absolute atomic E-state index is 12.2. The molecule has 0 unspecified atom stereocenters. The van der Waals surface area contributed by atoms with E-state index in [1.54, 1.807) is 0 Å². The molecule has 1 N–H and O–H groups in total. The second kappa shape index (κ2) is 6.58. The van der Waals surface area contributed by atoms with Crippen LogP contribution in [0.1, 0.15) is 23.2 Å². The molecule has 0 aliphatic carbocycles. The molecule has 1 saturated heterocycles. The number of hydrogen-bond donors (Lipinski definition) is 1. The fraction of sp³-hybridized carbons (Fsp3) is 0.353. The average molecular weight is 347 g/mol. The van der Waals surface area contributed by atoms with Gasteiger partial charge < -0.3 is 10.2 Å². The van der Waals surface area contributed by atoms with Gasteiger partial charge in [0.25, 0.3) is 5.91 Å². The molecule has 1 heterocycles. The van der Waals surface area contributed by atoms with E-state index in [-0.39, 0.29) is 5.91 Å². The minimum Gasteiger partial charge on any atom is -0.351 e. The first kappa shape index (κ1) is 14.5. The summed E-state index contributed by atoms with van der Waals surface area (Å²) in [5.41, 5.74) is 0.728. The molecule has 3 rings (SSSR count). The van der Waals surface area contributed by atoms with E-state index in [9.17, 15) is 4.79 Å². The van der Waals surface area contributed by atoms with Crippen LogP contribution in [0.4, 0.5) is 0 Å². The highest BCUT2D eigenvalue weighted by Gasteiger charge is 2.11. The summed E-state index contributed by atoms with van der Waals surface area (Å²) in [7, 11) is 0. The zero-order chi connectivity index (χ0) is 14.7. The third kappa shape index (κ3) is 3.63. The Kier molecular flexibility index (Phi) is 4.56. The lowest BCUT2D eigenvalue weighted by molar-refractivity contribution is 0.0950. The van der Waals surface area contributed by atoms with Crippen LogP contribution in [0.25, 0.3) is 10.8 Å². The number of fused-ring (bicyclic) bond motifs is 1. The van der Waals surface area contributed by atoms with Gasteiger partial charge in [-0.25, -0.2) is 0 Å². The maximum Gasteiger partial charge on any atom is 0.251 e. The van der Waals surface area contributed by atoms with E-state index in [0.717, 1.165) is 33.9 Å². The van der Waals surface area contributed by atoms with Gasteiger partial charge in [0.05, 0.1) is 0 Å². The molecule has 1 aliphatic rings. The van der Waals surface area contributed by atoms with Crippen molar-refractivity contribution in [1.29, 1.82) is 0 Å². The Bertz CT molecular complexity index is 650. The molecular formula is C17H19BrN2O. The van der Waals surface area contributed by atoms with Crippen LogP contribution in [-0.4, -0.2) is 37.0 Å². The van der Waals surface area contributed by atoms with E-state index in [4.69, 9.17) is 0 Å². The molecule has 4 heteroatoms. The van der Waals surface area contributed by atoms with Gasteiger partial charge in [0.15, 0.2) is 0 Å². The van der Waals surface area contributed by atoms with Gasteiger partial charge in [0.1, 0.15) is 0 Å². The van der Waals surface area contributed by atoms with Crippen molar-refractivity contribution in [3.8, 4) is 0 Å². The molecular weight excluding hydrogens is 328 g/mol. The number of hydrogen-bond acceptors (Lipinski definition) is 2. The number of likely N-dealkylation sites (tertiary alicyclic amines) is 1. The maximum atomic E-state index is 12.2. The van der Waals surface area contributed by atoms with Crippen LogP contribution >= 0.6 is 15.9 Å². The Hall–Kier alpha value is -1.39. The highest BCUT2D eigenvalue weighted by Crippen LogP contribution is 2.20. The first-order chi connectivity index (χ1) is 10.2. The lowest BCUT2D eigenvalue weighted by Gasteiger charge is -2.14. The van der Waals surface area contributed by atoms with Crippen molar-refractivity contribution in [3.05, 3.63) is 46.4 Å². The lowest BCUT2D eigenvalue weighted by Crippen LogP contribution is -2.33. The normalized spacial score (nSPS) is 15.5. The number of halogens is 1. The first-order valence-electron chi connectivity index (χ1n) is 7.42. The fourth-order valence-corrected chi connectivity index (χ4v) is 3.17. The van der Waals surface area contributed by atoms with Crippen LogP contribution in [0.3, 0.4) is 0 Å². The Morgan fingerprint density at radius 2 is 1.81 bits per heavy atom. The highest BCUT2D eigenvalue weighted by atomic mass is 79.9. The summed E-state index contributed by atoms with van der Waals surface area (Å²) in [6, 6.07) is 11.9. The predicted octanol–water partition coefficient (Wildman–Crippen LogP) is 3.43. The summed E-state index contributed by atoms with van der Waals surface area (Å²) in [6.07, 6.45) is 2.57. The van der Waals surface area contributed by atoms with Gasteiger partial charge in [0.2, 0.25) is 0 Å². The number of carbonyl (C=O) groups is 1. The molecule has 0 aromatic heterocycles. The summed E-state index contributed by atoms with van der Waals surface area (Å²) >= 11 is 3.46. The first-order valence-corrected chi connectivity index (χ1v) is 8.21. The van der Waals surface area contributed by atoms with Crippen molar-refractivity contribution < 1.29 is 4.79 Å². The minimum atomic E-state index is 0.0130. The Labute approximate surface area is 133 Å². The number of nitrogens with zero attached hydrogens (tertiary/aromatic N) is 1. The van der Waals surface area contributed by atoms with Gasteiger partial charge in [-0.05, 0) is 61.0 Å². The van der Waals surface area contributed by atoms with Crippen LogP contribution in [0, 0.1) is 0 Å². The Balaban J connectivity index is 1.62. The summed E-state index contributed by atoms with van der Waals surface area (Å²) in [5.74, 6) is 0.0130. The number of carbonyl (C=O) groups excluding carboxylic acids is 1. The van der Waals surface area contributed by atoms with Gasteiger partial charge in [-0.1, -0.05) is 28.1 Å². The van der Waals surface area contributed by atoms with E-state index in [1.807, 2.05) is 30.3 Å². The smallest absolute Gasteiger partial charge is 0.251 e. The van der Waals surface area contributed by atoms with E-state index in [2.05, 4.69) is 32.2 Å². The summed E-state index contributed by atoms with van der Waals surface area (Å²) in [5, 5.41) is 5.24. The number of nitrogens with one attached hydrogen (secondary N) is 1. The van der Waals surface area contributed by atoms with Crippen molar-refractivity contribution in [2.75, 3.05) is 26.2 Å². The highest BCUT2D eigenvalue weighted by molar-refractivity contribution is 9.10. The van der Waals surface area contributed by atoms with E-state index in [0.29, 0.717) is 0 Å². The average Bonchev–Trinajstić information content (AvgIpc) is 3.00. The quantitative estimate of drug-likeness (QED) is 0.919. The standard InChI is InChI=1S/C17H19BrN2O/c18-16-6-5-13-11-15(4-3-14(13)12-16)17(21)19-7-10-20-8-1-2-9-20/h3-6,11-12H,1-2,7-10H2,(H,19,21). The van der Waals surface area contributed by atoms with Gasteiger partial charge in [-0.15, -0.1) is 0 Å². The van der Waals surface area contributed by atoms with Gasteiger partial charge >= 0.3 is 0 Å². The second-order valence-electron chi connectivity index (χ2n) is 5.51. The molecule has 2 aromatic rings. The zero-order valence-corrected chi connectivity index (χ0v) is 13.5. The fourth-order valence-electron chi connectivity index (χ4n) is 2.79. The van der Waals surface area contributed by atoms with Crippen LogP contribution in [0.15, 0.2) is 40.9 Å². The number of benzene rings is 2. The third-order valence-electron chi connectivity index (χ3n) is 3.98. The van der Waals surface area contributed by atoms with Crippen LogP contribution < -0.4 is 5.32 Å². The molecule has 0 bridgehead atoms. The van der Waals surface area contributed by atoms with Crippen molar-refractivity contribution in [2.24, 2.45) is 0 Å². The lowest BCUT2D eigenvalue weighted by atomic mass is 10.1. The molecule has 0 atom stereocenters. The number of amides is 1. The summed E-state index contributed by atoms with van der Waals surface area (Å²) in [6.45, 7) is 4.00. The largest absolute Gasteiger partial charge is 0.351 e. The molecule has 1 fully saturated rings. The SMILES string of the molecule is O=C(NCCN1CCCC1)c1ccc2cc(Br)ccc2c1. The molecule has 2 aromatic carbocycles. The van der Waals surface area contributed by atoms with Gasteiger partial charge in [-0.2, -0.15) is 0 Å². The molecule has 1 amide bonds. The molecule has 0 radical (unpaired) electrons. The van der Waals surface area contributed by atoms with Crippen molar-refractivity contribution >= 4 is 32.6 Å². The monoisotopic (exact) mass is 346 g/mol. The van der Waals surface area contributed by atoms with Gasteiger partial charge in [0, 0.05) is 23.1 Å². The molecule has 21 heavy (non-hydrogen) atoms. The minimum absolute atomic E-state index is 0.0130. The van der Waals surface area contributed by atoms with Crippen molar-refractivity contribution in [2.45, 2.75) is 12.8 Å². The van der Waals surface area contributed by atoms with E-state index >= 15 is 0 Å². The topological polar surface area (TPSA) is 32.3 Å². The zero-order valence-electron chi connectivity index (χ0n) is 11.9. The second-order valence-corrected chi connectivity index (χ2v) is 6.43. The molecule has 1 aliphatic heterocycles. The van der Waals surface area contributed by atoms with Crippen LogP contribution in [0.2, 0.25) is 0 Å². The van der Waals surface area contributed by atoms with Crippen molar-refractivity contribution in [3.63, 3.8) is 0 Å². The molecule has 3 nitrogen and oxygen atoms in total. The third-order valence-corrected chi connectivity index (χ3v) is 4.47. The summed E-state index contributed by atoms with van der Waals surface area (Å²) < 4.78 is 1.05. The van der Waals surface area contributed by atoms with E-state index in [1.165, 1.54) is 25.9 Å². The number of rotatable bonds is 4. The Morgan fingerprint density at radius 1 is 1.10 bits per heavy atom. The Morgan fingerprint density at radius 3 is 2.62 bits per heavy atom. The molecule has 110 valence electrons. The van der Waals surface area contributed by atoms with Crippen molar-refractivity contribution in [1.82, 2.24) is 10.2 Å².